The predicted molar refractivity (Wildman–Crippen MR) is 55.3 cm³/mol. The van der Waals surface area contributed by atoms with E-state index in [0.29, 0.717) is 32.4 Å². The molecule has 1 fully saturated rings. The number of hydrogen-bond donors (Lipinski definition) is 1. The molecule has 0 aromatic heterocycles. The second kappa shape index (κ2) is 5.82. The Bertz CT molecular complexity index is 227. The van der Waals surface area contributed by atoms with E-state index in [1.165, 1.54) is 4.90 Å². The van der Waals surface area contributed by atoms with Crippen LogP contribution in [0.3, 0.4) is 0 Å². The van der Waals surface area contributed by atoms with Gasteiger partial charge >= 0.3 is 0 Å². The monoisotopic (exact) mass is 214 g/mol. The first kappa shape index (κ1) is 12.1. The van der Waals surface area contributed by atoms with Gasteiger partial charge in [0.15, 0.2) is 0 Å². The lowest BCUT2D eigenvalue weighted by molar-refractivity contribution is -0.148. The molecule has 0 aromatic carbocycles. The summed E-state index contributed by atoms with van der Waals surface area (Å²) in [6, 6.07) is 0.0148. The molecule has 1 aliphatic rings. The van der Waals surface area contributed by atoms with Crippen LogP contribution in [0.5, 0.6) is 0 Å². The van der Waals surface area contributed by atoms with Crippen molar-refractivity contribution < 1.29 is 14.3 Å². The zero-order valence-corrected chi connectivity index (χ0v) is 9.28. The summed E-state index contributed by atoms with van der Waals surface area (Å²) < 4.78 is 5.00. The fourth-order valence-electron chi connectivity index (χ4n) is 1.65. The van der Waals surface area contributed by atoms with E-state index in [4.69, 9.17) is 4.74 Å². The van der Waals surface area contributed by atoms with E-state index in [1.54, 1.807) is 14.2 Å². The Hall–Kier alpha value is -0.940. The smallest absolute Gasteiger partial charge is 0.229 e. The minimum absolute atomic E-state index is 0.0148. The van der Waals surface area contributed by atoms with E-state index in [1.807, 2.05) is 0 Å². The summed E-state index contributed by atoms with van der Waals surface area (Å²) in [6.45, 7) is 0.898. The Balaban J connectivity index is 2.52. The van der Waals surface area contributed by atoms with Crippen LogP contribution >= 0.6 is 0 Å². The van der Waals surface area contributed by atoms with Crippen LogP contribution in [0, 0.1) is 0 Å². The molecule has 1 aliphatic heterocycles. The highest BCUT2D eigenvalue weighted by molar-refractivity contribution is 5.97. The van der Waals surface area contributed by atoms with Gasteiger partial charge in [0.05, 0.1) is 6.61 Å². The first-order valence-electron chi connectivity index (χ1n) is 5.18. The lowest BCUT2D eigenvalue weighted by Crippen LogP contribution is -2.49. The molecule has 5 nitrogen and oxygen atoms in total. The quantitative estimate of drug-likeness (QED) is 0.642. The van der Waals surface area contributed by atoms with Crippen molar-refractivity contribution in [3.8, 4) is 0 Å². The number of amides is 2. The molecule has 0 bridgehead atoms. The number of carbonyl (C=O) groups excluding carboxylic acids is 2. The van der Waals surface area contributed by atoms with E-state index in [9.17, 15) is 9.59 Å². The lowest BCUT2D eigenvalue weighted by Gasteiger charge is -2.28. The molecule has 1 saturated heterocycles. The standard InChI is InChI=1S/C10H18N2O3/c1-11-8(7-15-2)6-12-9(13)4-3-5-10(12)14/h8,11H,3-7H2,1-2H3. The van der Waals surface area contributed by atoms with Crippen LogP contribution in [-0.2, 0) is 14.3 Å². The first-order valence-corrected chi connectivity index (χ1v) is 5.18. The third kappa shape index (κ3) is 3.28. The van der Waals surface area contributed by atoms with Crippen LogP contribution < -0.4 is 5.32 Å². The van der Waals surface area contributed by atoms with Crippen LogP contribution in [0.4, 0.5) is 0 Å². The molecular formula is C10H18N2O3. The minimum atomic E-state index is -0.0670. The SMILES string of the molecule is CNC(COC)CN1C(=O)CCCC1=O. The predicted octanol–water partition coefficient (Wildman–Crippen LogP) is -0.240. The summed E-state index contributed by atoms with van der Waals surface area (Å²) in [4.78, 5) is 24.3. The number of carbonyl (C=O) groups is 2. The molecule has 1 rings (SSSR count). The Kier molecular flexibility index (Phi) is 4.71. The van der Waals surface area contributed by atoms with E-state index in [-0.39, 0.29) is 17.9 Å². The van der Waals surface area contributed by atoms with E-state index < -0.39 is 0 Å². The zero-order valence-electron chi connectivity index (χ0n) is 9.28. The number of piperidine rings is 1. The highest BCUT2D eigenvalue weighted by Crippen LogP contribution is 2.12. The van der Waals surface area contributed by atoms with E-state index in [2.05, 4.69) is 5.32 Å². The van der Waals surface area contributed by atoms with Gasteiger partial charge in [-0.25, -0.2) is 0 Å². The number of imide groups is 1. The molecule has 86 valence electrons. The van der Waals surface area contributed by atoms with Crippen molar-refractivity contribution in [2.24, 2.45) is 0 Å². The van der Waals surface area contributed by atoms with Crippen molar-refractivity contribution in [2.45, 2.75) is 25.3 Å². The number of nitrogens with one attached hydrogen (secondary N) is 1. The van der Waals surface area contributed by atoms with Gasteiger partial charge in [-0.05, 0) is 13.5 Å². The fraction of sp³-hybridized carbons (Fsp3) is 0.800. The third-order valence-corrected chi connectivity index (χ3v) is 2.56. The maximum Gasteiger partial charge on any atom is 0.229 e. The van der Waals surface area contributed by atoms with Gasteiger partial charge in [-0.3, -0.25) is 14.5 Å². The Morgan fingerprint density at radius 1 is 1.40 bits per heavy atom. The van der Waals surface area contributed by atoms with Gasteiger partial charge in [-0.1, -0.05) is 0 Å². The lowest BCUT2D eigenvalue weighted by atomic mass is 10.1. The van der Waals surface area contributed by atoms with Crippen molar-refractivity contribution in [1.82, 2.24) is 10.2 Å². The molecule has 0 aromatic rings. The molecule has 0 saturated carbocycles. The molecule has 1 atom stereocenters. The number of likely N-dealkylation sites (tertiary alicyclic amines) is 1. The summed E-state index contributed by atoms with van der Waals surface area (Å²) >= 11 is 0. The molecule has 1 heterocycles. The minimum Gasteiger partial charge on any atom is -0.383 e. The van der Waals surface area contributed by atoms with Crippen molar-refractivity contribution in [3.63, 3.8) is 0 Å². The van der Waals surface area contributed by atoms with Crippen LogP contribution in [0.15, 0.2) is 0 Å². The maximum absolute atomic E-state index is 11.5. The second-order valence-corrected chi connectivity index (χ2v) is 3.69. The normalized spacial score (nSPS) is 19.5. The third-order valence-electron chi connectivity index (χ3n) is 2.56. The van der Waals surface area contributed by atoms with Gasteiger partial charge in [0.2, 0.25) is 11.8 Å². The fourth-order valence-corrected chi connectivity index (χ4v) is 1.65. The van der Waals surface area contributed by atoms with Crippen LogP contribution in [-0.4, -0.2) is 50.1 Å². The van der Waals surface area contributed by atoms with Crippen molar-refractivity contribution >= 4 is 11.8 Å². The largest absolute Gasteiger partial charge is 0.383 e. The van der Waals surface area contributed by atoms with Gasteiger partial charge in [0.25, 0.3) is 0 Å². The highest BCUT2D eigenvalue weighted by atomic mass is 16.5. The zero-order chi connectivity index (χ0) is 11.3. The number of ether oxygens (including phenoxy) is 1. The van der Waals surface area contributed by atoms with E-state index in [0.717, 1.165) is 0 Å². The molecule has 15 heavy (non-hydrogen) atoms. The Morgan fingerprint density at radius 2 is 2.00 bits per heavy atom. The van der Waals surface area contributed by atoms with Crippen molar-refractivity contribution in [1.29, 1.82) is 0 Å². The number of hydrogen-bond acceptors (Lipinski definition) is 4. The van der Waals surface area contributed by atoms with Gasteiger partial charge in [-0.2, -0.15) is 0 Å². The summed E-state index contributed by atoms with van der Waals surface area (Å²) in [7, 11) is 3.40. The van der Waals surface area contributed by atoms with Gasteiger partial charge < -0.3 is 10.1 Å². The van der Waals surface area contributed by atoms with Gasteiger partial charge in [0.1, 0.15) is 0 Å². The van der Waals surface area contributed by atoms with Crippen LogP contribution in [0.25, 0.3) is 0 Å². The summed E-state index contributed by atoms with van der Waals surface area (Å²) in [5, 5.41) is 3.02. The van der Waals surface area contributed by atoms with Crippen LogP contribution in [0.2, 0.25) is 0 Å². The van der Waals surface area contributed by atoms with E-state index >= 15 is 0 Å². The molecule has 0 spiro atoms. The maximum atomic E-state index is 11.5. The summed E-state index contributed by atoms with van der Waals surface area (Å²) in [5.41, 5.74) is 0. The summed E-state index contributed by atoms with van der Waals surface area (Å²) in [6.07, 6.45) is 1.65. The Labute approximate surface area is 89.8 Å². The topological polar surface area (TPSA) is 58.6 Å². The second-order valence-electron chi connectivity index (χ2n) is 3.69. The van der Waals surface area contributed by atoms with Crippen molar-refractivity contribution in [2.75, 3.05) is 27.3 Å². The molecule has 0 aliphatic carbocycles. The molecule has 2 amide bonds. The van der Waals surface area contributed by atoms with Crippen LogP contribution in [0.1, 0.15) is 19.3 Å². The average molecular weight is 214 g/mol. The van der Waals surface area contributed by atoms with Gasteiger partial charge in [-0.15, -0.1) is 0 Å². The first-order chi connectivity index (χ1) is 7.19. The molecule has 1 unspecified atom stereocenters. The van der Waals surface area contributed by atoms with Gasteiger partial charge in [0, 0.05) is 32.5 Å². The number of methoxy groups -OCH3 is 1. The number of likely N-dealkylation sites (N-methyl/N-ethyl adjacent to an activating group) is 1. The number of nitrogens with zero attached hydrogens (tertiary/aromatic N) is 1. The molecule has 0 radical (unpaired) electrons. The molecular weight excluding hydrogens is 196 g/mol. The highest BCUT2D eigenvalue weighted by Gasteiger charge is 2.27. The average Bonchev–Trinajstić information content (AvgIpc) is 2.22. The van der Waals surface area contributed by atoms with Crippen molar-refractivity contribution in [3.05, 3.63) is 0 Å². The number of rotatable bonds is 5. The Morgan fingerprint density at radius 3 is 2.47 bits per heavy atom. The molecule has 5 heteroatoms. The molecule has 1 N–H and O–H groups in total. The summed E-state index contributed by atoms with van der Waals surface area (Å²) in [5.74, 6) is -0.134.